The highest BCUT2D eigenvalue weighted by molar-refractivity contribution is 7.80. The maximum atomic E-state index is 11.0. The molecule has 0 N–H and O–H groups in total. The summed E-state index contributed by atoms with van der Waals surface area (Å²) in [6.45, 7) is 7.47. The smallest absolute Gasteiger partial charge is 0.0238 e. The minimum Gasteiger partial charge on any atom is -0.772 e. The van der Waals surface area contributed by atoms with Crippen LogP contribution in [-0.4, -0.2) is 28.0 Å². The molecule has 0 saturated carbocycles. The molecule has 17 heavy (non-hydrogen) atoms. The molecule has 0 aromatic carbocycles. The summed E-state index contributed by atoms with van der Waals surface area (Å²) in [4.78, 5) is 0. The van der Waals surface area contributed by atoms with Crippen LogP contribution in [0.5, 0.6) is 0 Å². The van der Waals surface area contributed by atoms with Gasteiger partial charge in [-0.25, -0.2) is 0 Å². The molecule has 0 aliphatic rings. The van der Waals surface area contributed by atoms with E-state index in [-0.39, 0.29) is 22.3 Å². The third kappa shape index (κ3) is 6.64. The molecular formula is C11H22O4S2-2. The highest BCUT2D eigenvalue weighted by Crippen LogP contribution is 2.20. The lowest BCUT2D eigenvalue weighted by Crippen LogP contribution is -2.24. The summed E-state index contributed by atoms with van der Waals surface area (Å²) >= 11 is -4.15. The summed E-state index contributed by atoms with van der Waals surface area (Å²) in [6.07, 6.45) is 1.70. The molecule has 0 aliphatic heterocycles. The van der Waals surface area contributed by atoms with Crippen LogP contribution >= 0.6 is 0 Å². The van der Waals surface area contributed by atoms with Gasteiger partial charge in [0.25, 0.3) is 0 Å². The standard InChI is InChI=1S/C11H24O4S2/c1-8(2)10(16(12)13)6-5-7-11(9(3)4)17(14)15/h8-11H,5-7H2,1-4H3,(H,12,13)(H,14,15)/p-2. The van der Waals surface area contributed by atoms with Gasteiger partial charge in [-0.3, -0.25) is 8.42 Å². The predicted octanol–water partition coefficient (Wildman–Crippen LogP) is 1.96. The minimum absolute atomic E-state index is 0.0728. The second kappa shape index (κ2) is 8.34. The summed E-state index contributed by atoms with van der Waals surface area (Å²) < 4.78 is 43.9. The normalized spacial score (nSPS) is 19.3. The Kier molecular flexibility index (Phi) is 8.45. The number of hydrogen-bond donors (Lipinski definition) is 0. The Morgan fingerprint density at radius 2 is 1.12 bits per heavy atom. The van der Waals surface area contributed by atoms with Crippen molar-refractivity contribution < 1.29 is 17.5 Å². The largest absolute Gasteiger partial charge is 0.772 e. The molecule has 4 nitrogen and oxygen atoms in total. The fraction of sp³-hybridized carbons (Fsp3) is 1.00. The molecule has 0 aromatic heterocycles. The second-order valence-corrected chi connectivity index (χ2v) is 7.27. The maximum Gasteiger partial charge on any atom is 0.0238 e. The molecule has 0 spiro atoms. The van der Waals surface area contributed by atoms with Gasteiger partial charge < -0.3 is 9.11 Å². The molecular weight excluding hydrogens is 260 g/mol. The Morgan fingerprint density at radius 1 is 0.824 bits per heavy atom. The Labute approximate surface area is 109 Å². The van der Waals surface area contributed by atoms with E-state index in [0.717, 1.165) is 0 Å². The molecule has 0 rings (SSSR count). The van der Waals surface area contributed by atoms with Gasteiger partial charge in [0.2, 0.25) is 0 Å². The number of hydrogen-bond acceptors (Lipinski definition) is 4. The van der Waals surface area contributed by atoms with E-state index in [1.807, 2.05) is 27.7 Å². The molecule has 0 aromatic rings. The molecule has 104 valence electrons. The van der Waals surface area contributed by atoms with Gasteiger partial charge in [0.1, 0.15) is 0 Å². The first kappa shape index (κ1) is 17.2. The predicted molar refractivity (Wildman–Crippen MR) is 68.9 cm³/mol. The molecule has 4 atom stereocenters. The molecule has 0 radical (unpaired) electrons. The van der Waals surface area contributed by atoms with Crippen molar-refractivity contribution in [1.29, 1.82) is 0 Å². The SMILES string of the molecule is CC(C)C(CCCC(C(C)C)S(=O)[O-])S(=O)[O-]. The first-order chi connectivity index (χ1) is 7.77. The highest BCUT2D eigenvalue weighted by Gasteiger charge is 2.17. The van der Waals surface area contributed by atoms with Crippen molar-refractivity contribution in [2.75, 3.05) is 0 Å². The molecule has 6 heteroatoms. The van der Waals surface area contributed by atoms with Crippen LogP contribution in [0.25, 0.3) is 0 Å². The van der Waals surface area contributed by atoms with Crippen LogP contribution in [0.15, 0.2) is 0 Å². The van der Waals surface area contributed by atoms with Crippen molar-refractivity contribution in [2.24, 2.45) is 11.8 Å². The van der Waals surface area contributed by atoms with Crippen molar-refractivity contribution in [3.63, 3.8) is 0 Å². The van der Waals surface area contributed by atoms with Gasteiger partial charge >= 0.3 is 0 Å². The quantitative estimate of drug-likeness (QED) is 0.637. The van der Waals surface area contributed by atoms with E-state index in [4.69, 9.17) is 0 Å². The van der Waals surface area contributed by atoms with Crippen molar-refractivity contribution in [1.82, 2.24) is 0 Å². The van der Waals surface area contributed by atoms with Gasteiger partial charge in [0.15, 0.2) is 0 Å². The summed E-state index contributed by atoms with van der Waals surface area (Å²) in [5.41, 5.74) is 0. The third-order valence-electron chi connectivity index (χ3n) is 2.96. The third-order valence-corrected chi connectivity index (χ3v) is 5.51. The molecule has 4 unspecified atom stereocenters. The van der Waals surface area contributed by atoms with Crippen molar-refractivity contribution in [3.8, 4) is 0 Å². The Morgan fingerprint density at radius 3 is 1.29 bits per heavy atom. The van der Waals surface area contributed by atoms with Gasteiger partial charge in [0, 0.05) is 10.5 Å². The van der Waals surface area contributed by atoms with Gasteiger partial charge in [0.05, 0.1) is 0 Å². The lowest BCUT2D eigenvalue weighted by Gasteiger charge is -2.26. The molecule has 0 bridgehead atoms. The Bertz CT molecular complexity index is 240. The molecule has 0 saturated heterocycles. The van der Waals surface area contributed by atoms with Gasteiger partial charge in [-0.1, -0.05) is 56.3 Å². The molecule has 0 heterocycles. The Balaban J connectivity index is 4.19. The van der Waals surface area contributed by atoms with Crippen LogP contribution in [0.3, 0.4) is 0 Å². The second-order valence-electron chi connectivity index (χ2n) is 5.02. The Hall–Kier alpha value is 0.220. The van der Waals surface area contributed by atoms with Crippen molar-refractivity contribution in [2.45, 2.75) is 57.5 Å². The van der Waals surface area contributed by atoms with E-state index in [1.54, 1.807) is 0 Å². The summed E-state index contributed by atoms with van der Waals surface area (Å²) in [6, 6.07) is 0. The average molecular weight is 282 g/mol. The highest BCUT2D eigenvalue weighted by atomic mass is 32.2. The van der Waals surface area contributed by atoms with E-state index < -0.39 is 22.2 Å². The van der Waals surface area contributed by atoms with Crippen LogP contribution in [-0.2, 0) is 22.2 Å². The monoisotopic (exact) mass is 282 g/mol. The zero-order valence-electron chi connectivity index (χ0n) is 10.9. The zero-order valence-corrected chi connectivity index (χ0v) is 12.5. The van der Waals surface area contributed by atoms with Crippen LogP contribution in [0.1, 0.15) is 47.0 Å². The summed E-state index contributed by atoms with van der Waals surface area (Å²) in [7, 11) is 0. The zero-order chi connectivity index (χ0) is 13.6. The molecule has 0 fully saturated rings. The van der Waals surface area contributed by atoms with Crippen LogP contribution in [0, 0.1) is 11.8 Å². The fourth-order valence-corrected chi connectivity index (χ4v) is 3.43. The topological polar surface area (TPSA) is 80.3 Å². The van der Waals surface area contributed by atoms with Crippen molar-refractivity contribution in [3.05, 3.63) is 0 Å². The fourth-order valence-electron chi connectivity index (χ4n) is 1.82. The minimum atomic E-state index is -2.07. The first-order valence-electron chi connectivity index (χ1n) is 5.93. The van der Waals surface area contributed by atoms with Gasteiger partial charge in [-0.05, 0) is 24.7 Å². The van der Waals surface area contributed by atoms with E-state index in [9.17, 15) is 17.5 Å². The van der Waals surface area contributed by atoms with E-state index in [0.29, 0.717) is 19.3 Å². The lowest BCUT2D eigenvalue weighted by molar-refractivity contribution is 0.442. The van der Waals surface area contributed by atoms with E-state index in [1.165, 1.54) is 0 Å². The van der Waals surface area contributed by atoms with Crippen LogP contribution in [0.2, 0.25) is 0 Å². The molecule has 0 aliphatic carbocycles. The summed E-state index contributed by atoms with van der Waals surface area (Å²) in [5.74, 6) is 0.146. The van der Waals surface area contributed by atoms with E-state index >= 15 is 0 Å². The maximum absolute atomic E-state index is 11.0. The lowest BCUT2D eigenvalue weighted by atomic mass is 10.0. The first-order valence-corrected chi connectivity index (χ1v) is 8.21. The average Bonchev–Trinajstić information content (AvgIpc) is 2.14. The van der Waals surface area contributed by atoms with E-state index in [2.05, 4.69) is 0 Å². The number of rotatable bonds is 8. The van der Waals surface area contributed by atoms with Crippen LogP contribution < -0.4 is 0 Å². The summed E-state index contributed by atoms with van der Waals surface area (Å²) in [5, 5.41) is -0.745. The van der Waals surface area contributed by atoms with Gasteiger partial charge in [-0.2, -0.15) is 0 Å². The van der Waals surface area contributed by atoms with Crippen molar-refractivity contribution >= 4 is 22.2 Å². The molecule has 0 amide bonds. The van der Waals surface area contributed by atoms with Gasteiger partial charge in [-0.15, -0.1) is 0 Å². The van der Waals surface area contributed by atoms with Crippen LogP contribution in [0.4, 0.5) is 0 Å².